The van der Waals surface area contributed by atoms with Crippen LogP contribution in [-0.4, -0.2) is 18.3 Å². The predicted octanol–water partition coefficient (Wildman–Crippen LogP) is 0.354. The maximum Gasteiger partial charge on any atom is 0.0433 e. The van der Waals surface area contributed by atoms with Gasteiger partial charge in [0.1, 0.15) is 0 Å². The fraction of sp³-hybridized carbons (Fsp3) is 1.00. The molecule has 0 saturated heterocycles. The van der Waals surface area contributed by atoms with Crippen LogP contribution in [0.15, 0.2) is 0 Å². The largest absolute Gasteiger partial charge is 0.396 e. The summed E-state index contributed by atoms with van der Waals surface area (Å²) in [5, 5.41) is 8.42. The van der Waals surface area contributed by atoms with Gasteiger partial charge in [-0.2, -0.15) is 0 Å². The highest BCUT2D eigenvalue weighted by Gasteiger charge is 1.96. The maximum atomic E-state index is 8.42. The normalized spacial score (nSPS) is 13.9. The molecule has 0 saturated carbocycles. The zero-order chi connectivity index (χ0) is 6.41. The van der Waals surface area contributed by atoms with E-state index < -0.39 is 0 Å². The van der Waals surface area contributed by atoms with Crippen molar-refractivity contribution in [1.82, 2.24) is 0 Å². The Morgan fingerprint density at radius 3 is 2.50 bits per heavy atom. The molecule has 0 bridgehead atoms. The molecule has 0 aliphatic rings. The van der Waals surface area contributed by atoms with E-state index in [2.05, 4.69) is 6.92 Å². The number of aliphatic hydroxyl groups excluding tert-OH is 1. The van der Waals surface area contributed by atoms with Crippen molar-refractivity contribution in [3.8, 4) is 0 Å². The molecule has 0 aromatic carbocycles. The molecule has 0 unspecified atom stereocenters. The molecule has 2 heteroatoms. The fourth-order valence-electron chi connectivity index (χ4n) is 0.649. The zero-order valence-electron chi connectivity index (χ0n) is 5.43. The van der Waals surface area contributed by atoms with Gasteiger partial charge in [0, 0.05) is 6.61 Å². The Morgan fingerprint density at radius 1 is 1.50 bits per heavy atom. The van der Waals surface area contributed by atoms with Crippen molar-refractivity contribution in [2.45, 2.75) is 19.8 Å². The van der Waals surface area contributed by atoms with Crippen LogP contribution in [-0.2, 0) is 0 Å². The van der Waals surface area contributed by atoms with Gasteiger partial charge in [-0.05, 0) is 25.3 Å². The monoisotopic (exact) mass is 117 g/mol. The third-order valence-electron chi connectivity index (χ3n) is 1.28. The Hall–Kier alpha value is -0.0800. The third kappa shape index (κ3) is 4.09. The average Bonchev–Trinajstić information content (AvgIpc) is 1.68. The van der Waals surface area contributed by atoms with Gasteiger partial charge in [-0.25, -0.2) is 0 Å². The Bertz CT molecular complexity index is 41.8. The van der Waals surface area contributed by atoms with E-state index in [1.165, 1.54) is 0 Å². The van der Waals surface area contributed by atoms with Crippen LogP contribution in [0.25, 0.3) is 0 Å². The highest BCUT2D eigenvalue weighted by atomic mass is 16.2. The molecule has 0 aliphatic heterocycles. The number of rotatable bonds is 4. The van der Waals surface area contributed by atoms with E-state index >= 15 is 0 Å². The molecule has 8 heavy (non-hydrogen) atoms. The minimum Gasteiger partial charge on any atom is -0.396 e. The number of aliphatic hydroxyl groups is 1. The summed E-state index contributed by atoms with van der Waals surface area (Å²) in [6.45, 7) is 3.13. The summed E-state index contributed by atoms with van der Waals surface area (Å²) in [5.41, 5.74) is 5.28. The van der Waals surface area contributed by atoms with Gasteiger partial charge in [-0.1, -0.05) is 6.92 Å². The lowest BCUT2D eigenvalue weighted by molar-refractivity contribution is 0.259. The van der Waals surface area contributed by atoms with Crippen LogP contribution in [0.4, 0.5) is 0 Å². The van der Waals surface area contributed by atoms with Crippen LogP contribution < -0.4 is 5.73 Å². The summed E-state index contributed by atoms with van der Waals surface area (Å²) in [6, 6.07) is 0. The summed E-state index contributed by atoms with van der Waals surface area (Å²) < 4.78 is 0. The lowest BCUT2D eigenvalue weighted by Gasteiger charge is -2.04. The first-order chi connectivity index (χ1) is 3.81. The van der Waals surface area contributed by atoms with Crippen LogP contribution in [0.3, 0.4) is 0 Å². The van der Waals surface area contributed by atoms with Gasteiger partial charge in [-0.3, -0.25) is 0 Å². The Balaban J connectivity index is 2.92. The van der Waals surface area contributed by atoms with Gasteiger partial charge in [0.25, 0.3) is 0 Å². The van der Waals surface area contributed by atoms with E-state index in [1.807, 2.05) is 0 Å². The molecule has 0 aromatic heterocycles. The Labute approximate surface area is 50.7 Å². The number of nitrogens with two attached hydrogens (primary N) is 1. The highest BCUT2D eigenvalue weighted by Crippen LogP contribution is 2.03. The fourth-order valence-corrected chi connectivity index (χ4v) is 0.649. The highest BCUT2D eigenvalue weighted by molar-refractivity contribution is 4.51. The Kier molecular flexibility index (Phi) is 5.01. The maximum absolute atomic E-state index is 8.42. The van der Waals surface area contributed by atoms with Crippen LogP contribution in [0.5, 0.6) is 0 Å². The second-order valence-corrected chi connectivity index (χ2v) is 2.19. The van der Waals surface area contributed by atoms with Crippen molar-refractivity contribution in [1.29, 1.82) is 0 Å². The van der Waals surface area contributed by atoms with E-state index in [0.29, 0.717) is 12.5 Å². The smallest absolute Gasteiger partial charge is 0.0433 e. The van der Waals surface area contributed by atoms with Crippen LogP contribution in [0, 0.1) is 5.92 Å². The molecule has 3 N–H and O–H groups in total. The summed E-state index contributed by atoms with van der Waals surface area (Å²) in [6.07, 6.45) is 1.91. The van der Waals surface area contributed by atoms with Gasteiger partial charge in [0.05, 0.1) is 0 Å². The second-order valence-electron chi connectivity index (χ2n) is 2.19. The molecule has 0 rings (SSSR count). The molecule has 0 fully saturated rings. The van der Waals surface area contributed by atoms with E-state index in [4.69, 9.17) is 10.8 Å². The second kappa shape index (κ2) is 5.06. The van der Waals surface area contributed by atoms with Crippen LogP contribution in [0.2, 0.25) is 0 Å². The molecule has 0 radical (unpaired) electrons. The first-order valence-electron chi connectivity index (χ1n) is 3.12. The van der Waals surface area contributed by atoms with Crippen molar-refractivity contribution in [2.24, 2.45) is 11.7 Å². The SMILES string of the molecule is C[C@H](CCN)CCO. The van der Waals surface area contributed by atoms with E-state index in [1.54, 1.807) is 0 Å². The van der Waals surface area contributed by atoms with Gasteiger partial charge >= 0.3 is 0 Å². The van der Waals surface area contributed by atoms with Crippen molar-refractivity contribution < 1.29 is 5.11 Å². The molecule has 1 atom stereocenters. The minimum absolute atomic E-state index is 0.293. The standard InChI is InChI=1S/C6H15NO/c1-6(2-4-7)3-5-8/h6,8H,2-5,7H2,1H3/t6-/m1/s1. The molecular weight excluding hydrogens is 102 g/mol. The van der Waals surface area contributed by atoms with Gasteiger partial charge in [0.15, 0.2) is 0 Å². The molecule has 0 spiro atoms. The predicted molar refractivity (Wildman–Crippen MR) is 34.5 cm³/mol. The average molecular weight is 117 g/mol. The topological polar surface area (TPSA) is 46.2 Å². The van der Waals surface area contributed by atoms with Crippen molar-refractivity contribution >= 4 is 0 Å². The molecule has 0 aromatic rings. The first kappa shape index (κ1) is 7.92. The summed E-state index contributed by atoms with van der Waals surface area (Å²) >= 11 is 0. The quantitative estimate of drug-likeness (QED) is 0.558. The molecule has 0 amide bonds. The molecule has 0 aliphatic carbocycles. The summed E-state index contributed by atoms with van der Waals surface area (Å²) in [7, 11) is 0. The van der Waals surface area contributed by atoms with Gasteiger partial charge in [-0.15, -0.1) is 0 Å². The lowest BCUT2D eigenvalue weighted by Crippen LogP contribution is -2.06. The zero-order valence-corrected chi connectivity index (χ0v) is 5.43. The summed E-state index contributed by atoms with van der Waals surface area (Å²) in [4.78, 5) is 0. The van der Waals surface area contributed by atoms with Crippen molar-refractivity contribution in [3.05, 3.63) is 0 Å². The molecule has 50 valence electrons. The molecule has 2 nitrogen and oxygen atoms in total. The molecular formula is C6H15NO. The van der Waals surface area contributed by atoms with Crippen LogP contribution >= 0.6 is 0 Å². The van der Waals surface area contributed by atoms with E-state index in [9.17, 15) is 0 Å². The van der Waals surface area contributed by atoms with Gasteiger partial charge < -0.3 is 10.8 Å². The van der Waals surface area contributed by atoms with Gasteiger partial charge in [0.2, 0.25) is 0 Å². The van der Waals surface area contributed by atoms with Crippen molar-refractivity contribution in [2.75, 3.05) is 13.2 Å². The first-order valence-corrected chi connectivity index (χ1v) is 3.12. The van der Waals surface area contributed by atoms with E-state index in [0.717, 1.165) is 19.4 Å². The number of hydrogen-bond acceptors (Lipinski definition) is 2. The molecule has 0 heterocycles. The minimum atomic E-state index is 0.293. The lowest BCUT2D eigenvalue weighted by atomic mass is 10.1. The summed E-state index contributed by atoms with van der Waals surface area (Å²) in [5.74, 6) is 0.588. The number of hydrogen-bond donors (Lipinski definition) is 2. The van der Waals surface area contributed by atoms with E-state index in [-0.39, 0.29) is 0 Å². The third-order valence-corrected chi connectivity index (χ3v) is 1.28. The van der Waals surface area contributed by atoms with Crippen molar-refractivity contribution in [3.63, 3.8) is 0 Å². The van der Waals surface area contributed by atoms with Crippen LogP contribution in [0.1, 0.15) is 19.8 Å². The Morgan fingerprint density at radius 2 is 2.12 bits per heavy atom.